The molecular formula is C24H26NO5+. The standard InChI is InChI=1S/C24H25NO5/c1-16-18-10-11-21-20(23(18)30-24(27)19(16)13-22(26)28-2)14-25(15-29-21)12-6-9-17-7-4-3-5-8-17/h3-5,7-8,10-11H,6,9,12-15H2,1-2H3/p+1. The van der Waals surface area contributed by atoms with Gasteiger partial charge in [0, 0.05) is 11.8 Å². The van der Waals surface area contributed by atoms with Gasteiger partial charge in [-0.2, -0.15) is 0 Å². The largest absolute Gasteiger partial charge is 0.469 e. The molecular weight excluding hydrogens is 382 g/mol. The van der Waals surface area contributed by atoms with Gasteiger partial charge in [0.15, 0.2) is 5.58 Å². The molecule has 6 nitrogen and oxygen atoms in total. The first kappa shape index (κ1) is 20.2. The number of rotatable bonds is 6. The highest BCUT2D eigenvalue weighted by Crippen LogP contribution is 2.30. The second-order valence-electron chi connectivity index (χ2n) is 7.72. The predicted molar refractivity (Wildman–Crippen MR) is 113 cm³/mol. The number of nitrogens with one attached hydrogen (secondary N) is 1. The maximum Gasteiger partial charge on any atom is 0.340 e. The lowest BCUT2D eigenvalue weighted by Gasteiger charge is -2.26. The van der Waals surface area contributed by atoms with Crippen LogP contribution in [0, 0.1) is 6.92 Å². The fourth-order valence-electron chi connectivity index (χ4n) is 4.04. The molecule has 1 N–H and O–H groups in total. The van der Waals surface area contributed by atoms with Crippen LogP contribution in [0.5, 0.6) is 5.75 Å². The van der Waals surface area contributed by atoms with Gasteiger partial charge in [0.2, 0.25) is 6.73 Å². The van der Waals surface area contributed by atoms with Crippen molar-refractivity contribution < 1.29 is 23.6 Å². The first-order valence-electron chi connectivity index (χ1n) is 10.2. The van der Waals surface area contributed by atoms with E-state index in [0.717, 1.165) is 48.2 Å². The van der Waals surface area contributed by atoms with E-state index in [1.807, 2.05) is 25.1 Å². The van der Waals surface area contributed by atoms with Crippen molar-refractivity contribution in [1.82, 2.24) is 0 Å². The highest BCUT2D eigenvalue weighted by Gasteiger charge is 2.26. The number of hydrogen-bond donors (Lipinski definition) is 1. The minimum Gasteiger partial charge on any atom is -0.469 e. The summed E-state index contributed by atoms with van der Waals surface area (Å²) in [6.45, 7) is 4.14. The monoisotopic (exact) mass is 408 g/mol. The SMILES string of the molecule is COC(=O)Cc1c(C)c2ccc3c(c2oc1=O)C[NH+](CCCc1ccccc1)CO3. The summed E-state index contributed by atoms with van der Waals surface area (Å²) in [7, 11) is 1.31. The normalized spacial score (nSPS) is 15.5. The number of hydrogen-bond acceptors (Lipinski definition) is 5. The van der Waals surface area contributed by atoms with Crippen molar-refractivity contribution in [2.45, 2.75) is 32.7 Å². The summed E-state index contributed by atoms with van der Waals surface area (Å²) in [6, 6.07) is 14.3. The van der Waals surface area contributed by atoms with Gasteiger partial charge < -0.3 is 13.9 Å². The lowest BCUT2D eigenvalue weighted by molar-refractivity contribution is -0.932. The Bertz CT molecular complexity index is 1120. The molecule has 0 fully saturated rings. The molecule has 2 heterocycles. The maximum absolute atomic E-state index is 12.6. The van der Waals surface area contributed by atoms with Crippen molar-refractivity contribution in [3.8, 4) is 5.75 Å². The van der Waals surface area contributed by atoms with Gasteiger partial charge in [-0.15, -0.1) is 0 Å². The first-order valence-corrected chi connectivity index (χ1v) is 10.2. The summed E-state index contributed by atoms with van der Waals surface area (Å²) in [4.78, 5) is 25.5. The summed E-state index contributed by atoms with van der Waals surface area (Å²) in [5, 5.41) is 0.835. The van der Waals surface area contributed by atoms with E-state index in [9.17, 15) is 9.59 Å². The number of fused-ring (bicyclic) bond motifs is 3. The molecule has 2 aromatic carbocycles. The average molecular weight is 408 g/mol. The van der Waals surface area contributed by atoms with Crippen LogP contribution in [0.1, 0.15) is 28.7 Å². The molecule has 0 saturated heterocycles. The van der Waals surface area contributed by atoms with Crippen LogP contribution in [0.3, 0.4) is 0 Å². The van der Waals surface area contributed by atoms with Crippen LogP contribution in [-0.4, -0.2) is 26.4 Å². The summed E-state index contributed by atoms with van der Waals surface area (Å²) in [6.07, 6.45) is 1.98. The summed E-state index contributed by atoms with van der Waals surface area (Å²) >= 11 is 0. The number of ether oxygens (including phenoxy) is 2. The van der Waals surface area contributed by atoms with Crippen molar-refractivity contribution in [1.29, 1.82) is 0 Å². The van der Waals surface area contributed by atoms with Crippen molar-refractivity contribution in [2.75, 3.05) is 20.4 Å². The number of methoxy groups -OCH3 is 1. The average Bonchev–Trinajstić information content (AvgIpc) is 2.77. The lowest BCUT2D eigenvalue weighted by atomic mass is 10.00. The quantitative estimate of drug-likeness (QED) is 0.500. The Labute approximate surface area is 175 Å². The van der Waals surface area contributed by atoms with Crippen LogP contribution in [0.25, 0.3) is 11.0 Å². The van der Waals surface area contributed by atoms with E-state index in [1.165, 1.54) is 17.6 Å². The van der Waals surface area contributed by atoms with Crippen LogP contribution >= 0.6 is 0 Å². The maximum atomic E-state index is 12.6. The van der Waals surface area contributed by atoms with Gasteiger partial charge in [-0.1, -0.05) is 30.3 Å². The molecule has 30 heavy (non-hydrogen) atoms. The van der Waals surface area contributed by atoms with Crippen LogP contribution in [0.2, 0.25) is 0 Å². The minimum atomic E-state index is -0.491. The van der Waals surface area contributed by atoms with Gasteiger partial charge in [0.25, 0.3) is 0 Å². The van der Waals surface area contributed by atoms with Gasteiger partial charge >= 0.3 is 11.6 Å². The number of aryl methyl sites for hydroxylation is 2. The summed E-state index contributed by atoms with van der Waals surface area (Å²) < 4.78 is 16.4. The smallest absolute Gasteiger partial charge is 0.340 e. The fourth-order valence-corrected chi connectivity index (χ4v) is 4.04. The number of benzene rings is 2. The summed E-state index contributed by atoms with van der Waals surface area (Å²) in [5.41, 5.74) is 3.42. The number of quaternary nitrogens is 1. The highest BCUT2D eigenvalue weighted by atomic mass is 16.5. The van der Waals surface area contributed by atoms with Gasteiger partial charge in [0.05, 0.1) is 31.2 Å². The first-order chi connectivity index (χ1) is 14.6. The molecule has 3 aromatic rings. The van der Waals surface area contributed by atoms with Crippen molar-refractivity contribution in [3.05, 3.63) is 75.1 Å². The molecule has 1 atom stereocenters. The van der Waals surface area contributed by atoms with Gasteiger partial charge in [0.1, 0.15) is 12.3 Å². The van der Waals surface area contributed by atoms with Gasteiger partial charge in [-0.25, -0.2) is 4.79 Å². The Morgan fingerprint density at radius 1 is 1.17 bits per heavy atom. The molecule has 0 spiro atoms. The molecule has 1 aliphatic rings. The second-order valence-corrected chi connectivity index (χ2v) is 7.72. The topological polar surface area (TPSA) is 70.2 Å². The number of esters is 1. The molecule has 4 rings (SSSR count). The number of carbonyl (C=O) groups is 1. The minimum absolute atomic E-state index is 0.0922. The predicted octanol–water partition coefficient (Wildman–Crippen LogP) is 2.18. The lowest BCUT2D eigenvalue weighted by Crippen LogP contribution is -3.12. The third-order valence-corrected chi connectivity index (χ3v) is 5.76. The van der Waals surface area contributed by atoms with E-state index in [0.29, 0.717) is 17.9 Å². The van der Waals surface area contributed by atoms with Crippen LogP contribution in [-0.2, 0) is 28.9 Å². The fraction of sp³-hybridized carbons (Fsp3) is 0.333. The molecule has 0 saturated carbocycles. The molecule has 0 radical (unpaired) electrons. The molecule has 0 amide bonds. The zero-order valence-corrected chi connectivity index (χ0v) is 17.3. The van der Waals surface area contributed by atoms with Crippen molar-refractivity contribution in [2.24, 2.45) is 0 Å². The third kappa shape index (κ3) is 4.09. The molecule has 1 aliphatic heterocycles. The van der Waals surface area contributed by atoms with Crippen LogP contribution < -0.4 is 15.3 Å². The molecule has 6 heteroatoms. The van der Waals surface area contributed by atoms with E-state index < -0.39 is 11.6 Å². The van der Waals surface area contributed by atoms with Crippen LogP contribution in [0.15, 0.2) is 51.7 Å². The van der Waals surface area contributed by atoms with E-state index in [1.54, 1.807) is 0 Å². The van der Waals surface area contributed by atoms with Gasteiger partial charge in [-0.05, 0) is 36.6 Å². The molecule has 0 aliphatic carbocycles. The zero-order valence-electron chi connectivity index (χ0n) is 17.3. The van der Waals surface area contributed by atoms with E-state index in [-0.39, 0.29) is 6.42 Å². The Hall–Kier alpha value is -3.12. The molecule has 0 bridgehead atoms. The van der Waals surface area contributed by atoms with E-state index >= 15 is 0 Å². The Kier molecular flexibility index (Phi) is 5.86. The number of carbonyl (C=O) groups excluding carboxylic acids is 1. The van der Waals surface area contributed by atoms with Crippen molar-refractivity contribution in [3.63, 3.8) is 0 Å². The molecule has 1 aromatic heterocycles. The van der Waals surface area contributed by atoms with E-state index in [4.69, 9.17) is 13.9 Å². The van der Waals surface area contributed by atoms with Gasteiger partial charge in [-0.3, -0.25) is 9.69 Å². The van der Waals surface area contributed by atoms with Crippen molar-refractivity contribution >= 4 is 16.9 Å². The second kappa shape index (κ2) is 8.71. The third-order valence-electron chi connectivity index (χ3n) is 5.76. The van der Waals surface area contributed by atoms with Crippen LogP contribution in [0.4, 0.5) is 0 Å². The molecule has 1 unspecified atom stereocenters. The molecule has 156 valence electrons. The Balaban J connectivity index is 1.56. The summed E-state index contributed by atoms with van der Waals surface area (Å²) in [5.74, 6) is 0.303. The zero-order chi connectivity index (χ0) is 21.1. The highest BCUT2D eigenvalue weighted by molar-refractivity contribution is 5.87. The Morgan fingerprint density at radius 3 is 2.73 bits per heavy atom. The Morgan fingerprint density at radius 2 is 1.97 bits per heavy atom. The van der Waals surface area contributed by atoms with E-state index in [2.05, 4.69) is 24.3 Å².